The van der Waals surface area contributed by atoms with Crippen LogP contribution in [0.4, 0.5) is 0 Å². The van der Waals surface area contributed by atoms with Gasteiger partial charge in [0.15, 0.2) is 0 Å². The molecule has 0 radical (unpaired) electrons. The van der Waals surface area contributed by atoms with Gasteiger partial charge in [0.1, 0.15) is 0 Å². The summed E-state index contributed by atoms with van der Waals surface area (Å²) in [6, 6.07) is 5.72. The van der Waals surface area contributed by atoms with Crippen LogP contribution >= 0.6 is 27.5 Å². The van der Waals surface area contributed by atoms with E-state index in [2.05, 4.69) is 20.9 Å². The zero-order chi connectivity index (χ0) is 11.6. The van der Waals surface area contributed by atoms with E-state index < -0.39 is 5.54 Å². The van der Waals surface area contributed by atoms with Crippen LogP contribution in [-0.2, 0) is 10.3 Å². The third-order valence-electron chi connectivity index (χ3n) is 3.12. The molecule has 1 aliphatic rings. The SMILES string of the molecule is O=C=NC1(c2ccc(Br)cc2Cl)CCCC1. The lowest BCUT2D eigenvalue weighted by atomic mass is 9.89. The Labute approximate surface area is 108 Å². The van der Waals surface area contributed by atoms with Crippen molar-refractivity contribution in [3.05, 3.63) is 33.3 Å². The molecule has 0 N–H and O–H groups in total. The summed E-state index contributed by atoms with van der Waals surface area (Å²) < 4.78 is 0.935. The Hall–Kier alpha value is -0.630. The monoisotopic (exact) mass is 299 g/mol. The number of nitrogens with zero attached hydrogens (tertiary/aromatic N) is 1. The first kappa shape index (κ1) is 11.8. The fourth-order valence-corrected chi connectivity index (χ4v) is 3.20. The average molecular weight is 301 g/mol. The predicted molar refractivity (Wildman–Crippen MR) is 67.4 cm³/mol. The lowest BCUT2D eigenvalue weighted by molar-refractivity contribution is 0.456. The molecule has 84 valence electrons. The molecule has 1 fully saturated rings. The number of hydrogen-bond acceptors (Lipinski definition) is 2. The van der Waals surface area contributed by atoms with Gasteiger partial charge in [-0.15, -0.1) is 0 Å². The van der Waals surface area contributed by atoms with Crippen LogP contribution in [0.5, 0.6) is 0 Å². The summed E-state index contributed by atoms with van der Waals surface area (Å²) >= 11 is 9.58. The number of halogens is 2. The molecule has 1 aliphatic carbocycles. The largest absolute Gasteiger partial charge is 0.235 e. The van der Waals surface area contributed by atoms with Gasteiger partial charge in [0.25, 0.3) is 0 Å². The van der Waals surface area contributed by atoms with Gasteiger partial charge < -0.3 is 0 Å². The minimum absolute atomic E-state index is 0.431. The van der Waals surface area contributed by atoms with Gasteiger partial charge in [0.2, 0.25) is 6.08 Å². The van der Waals surface area contributed by atoms with E-state index in [1.807, 2.05) is 18.2 Å². The van der Waals surface area contributed by atoms with Crippen molar-refractivity contribution < 1.29 is 4.79 Å². The molecule has 0 aromatic heterocycles. The standard InChI is InChI=1S/C12H11BrClNO/c13-9-3-4-10(11(14)7-9)12(15-8-16)5-1-2-6-12/h3-4,7H,1-2,5-6H2. The van der Waals surface area contributed by atoms with Gasteiger partial charge in [-0.25, -0.2) is 4.79 Å². The molecule has 1 aromatic carbocycles. The molecule has 0 bridgehead atoms. The number of rotatable bonds is 2. The fourth-order valence-electron chi connectivity index (χ4n) is 2.36. The van der Waals surface area contributed by atoms with Gasteiger partial charge in [-0.1, -0.05) is 46.4 Å². The van der Waals surface area contributed by atoms with Gasteiger partial charge in [-0.2, -0.15) is 4.99 Å². The molecule has 0 unspecified atom stereocenters. The normalized spacial score (nSPS) is 18.1. The molecular formula is C12H11BrClNO. The fraction of sp³-hybridized carbons (Fsp3) is 0.417. The van der Waals surface area contributed by atoms with E-state index in [-0.39, 0.29) is 0 Å². The summed E-state index contributed by atoms with van der Waals surface area (Å²) in [5.41, 5.74) is 0.512. The predicted octanol–water partition coefficient (Wildman–Crippen LogP) is 4.21. The summed E-state index contributed by atoms with van der Waals surface area (Å²) in [5.74, 6) is 0. The van der Waals surface area contributed by atoms with E-state index in [9.17, 15) is 4.79 Å². The van der Waals surface area contributed by atoms with Gasteiger partial charge >= 0.3 is 0 Å². The molecule has 1 saturated carbocycles. The zero-order valence-corrected chi connectivity index (χ0v) is 11.0. The van der Waals surface area contributed by atoms with Crippen molar-refractivity contribution in [1.82, 2.24) is 0 Å². The molecule has 2 rings (SSSR count). The Bertz CT molecular complexity index is 448. The van der Waals surface area contributed by atoms with Crippen LogP contribution in [0.2, 0.25) is 5.02 Å². The number of carbonyl (C=O) groups excluding carboxylic acids is 1. The Balaban J connectivity index is 2.51. The lowest BCUT2D eigenvalue weighted by Crippen LogP contribution is -2.19. The summed E-state index contributed by atoms with van der Waals surface area (Å²) in [4.78, 5) is 14.6. The van der Waals surface area contributed by atoms with Gasteiger partial charge in [0, 0.05) is 9.50 Å². The highest BCUT2D eigenvalue weighted by molar-refractivity contribution is 9.10. The number of aliphatic imine (C=N–C) groups is 1. The summed E-state index contributed by atoms with van der Waals surface area (Å²) in [7, 11) is 0. The van der Waals surface area contributed by atoms with Gasteiger partial charge in [-0.05, 0) is 30.5 Å². The van der Waals surface area contributed by atoms with Crippen LogP contribution in [0.15, 0.2) is 27.7 Å². The summed E-state index contributed by atoms with van der Waals surface area (Å²) in [6.45, 7) is 0. The van der Waals surface area contributed by atoms with Gasteiger partial charge in [0.05, 0.1) is 5.54 Å². The van der Waals surface area contributed by atoms with Crippen LogP contribution in [0.3, 0.4) is 0 Å². The Morgan fingerprint density at radius 2 is 2.06 bits per heavy atom. The third kappa shape index (κ3) is 2.08. The second kappa shape index (κ2) is 4.70. The quantitative estimate of drug-likeness (QED) is 0.594. The highest BCUT2D eigenvalue weighted by Gasteiger charge is 2.37. The minimum Gasteiger partial charge on any atom is -0.211 e. The maximum Gasteiger partial charge on any atom is 0.235 e. The first-order chi connectivity index (χ1) is 7.68. The molecular weight excluding hydrogens is 289 g/mol. The Morgan fingerprint density at radius 1 is 1.38 bits per heavy atom. The molecule has 0 aliphatic heterocycles. The van der Waals surface area contributed by atoms with E-state index in [1.165, 1.54) is 0 Å². The van der Waals surface area contributed by atoms with Crippen molar-refractivity contribution in [2.75, 3.05) is 0 Å². The Morgan fingerprint density at radius 3 is 2.62 bits per heavy atom. The second-order valence-electron chi connectivity index (χ2n) is 4.07. The molecule has 0 heterocycles. The maximum absolute atomic E-state index is 10.6. The molecule has 0 saturated heterocycles. The van der Waals surface area contributed by atoms with E-state index in [4.69, 9.17) is 11.6 Å². The topological polar surface area (TPSA) is 29.4 Å². The first-order valence-corrected chi connectivity index (χ1v) is 6.40. The highest BCUT2D eigenvalue weighted by atomic mass is 79.9. The third-order valence-corrected chi connectivity index (χ3v) is 3.93. The second-order valence-corrected chi connectivity index (χ2v) is 5.39. The van der Waals surface area contributed by atoms with Crippen molar-refractivity contribution in [1.29, 1.82) is 0 Å². The summed E-state index contributed by atoms with van der Waals surface area (Å²) in [5, 5.41) is 0.662. The maximum atomic E-state index is 10.6. The average Bonchev–Trinajstić information content (AvgIpc) is 2.67. The van der Waals surface area contributed by atoms with E-state index in [1.54, 1.807) is 6.08 Å². The molecule has 1 aromatic rings. The molecule has 4 heteroatoms. The first-order valence-electron chi connectivity index (χ1n) is 5.22. The minimum atomic E-state index is -0.431. The van der Waals surface area contributed by atoms with Crippen molar-refractivity contribution in [2.24, 2.45) is 4.99 Å². The summed E-state index contributed by atoms with van der Waals surface area (Å²) in [6.07, 6.45) is 5.61. The molecule has 0 amide bonds. The van der Waals surface area contributed by atoms with E-state index in [0.29, 0.717) is 5.02 Å². The Kier molecular flexibility index (Phi) is 3.48. The molecule has 0 atom stereocenters. The number of isocyanates is 1. The van der Waals surface area contributed by atoms with Crippen molar-refractivity contribution >= 4 is 33.6 Å². The number of benzene rings is 1. The zero-order valence-electron chi connectivity index (χ0n) is 8.67. The smallest absolute Gasteiger partial charge is 0.211 e. The molecule has 2 nitrogen and oxygen atoms in total. The highest BCUT2D eigenvalue weighted by Crippen LogP contribution is 2.45. The van der Waals surface area contributed by atoms with E-state index in [0.717, 1.165) is 35.7 Å². The van der Waals surface area contributed by atoms with Crippen LogP contribution in [0, 0.1) is 0 Å². The van der Waals surface area contributed by atoms with Crippen LogP contribution in [-0.4, -0.2) is 6.08 Å². The van der Waals surface area contributed by atoms with Crippen LogP contribution < -0.4 is 0 Å². The van der Waals surface area contributed by atoms with E-state index >= 15 is 0 Å². The van der Waals surface area contributed by atoms with Crippen molar-refractivity contribution in [2.45, 2.75) is 31.2 Å². The van der Waals surface area contributed by atoms with Crippen molar-refractivity contribution in [3.63, 3.8) is 0 Å². The molecule has 0 spiro atoms. The number of hydrogen-bond donors (Lipinski definition) is 0. The molecule has 16 heavy (non-hydrogen) atoms. The van der Waals surface area contributed by atoms with Crippen molar-refractivity contribution in [3.8, 4) is 0 Å². The van der Waals surface area contributed by atoms with Crippen LogP contribution in [0.25, 0.3) is 0 Å². The van der Waals surface area contributed by atoms with Gasteiger partial charge in [-0.3, -0.25) is 0 Å². The lowest BCUT2D eigenvalue weighted by Gasteiger charge is -2.24. The van der Waals surface area contributed by atoms with Crippen LogP contribution in [0.1, 0.15) is 31.2 Å².